The molecule has 2 rings (SSSR count). The molecule has 1 heterocycles. The van der Waals surface area contributed by atoms with E-state index in [1.807, 2.05) is 0 Å². The smallest absolute Gasteiger partial charge is 0.129 e. The molecule has 0 amide bonds. The normalized spacial score (nSPS) is 12.7. The summed E-state index contributed by atoms with van der Waals surface area (Å²) in [4.78, 5) is 0. The van der Waals surface area contributed by atoms with E-state index in [0.717, 1.165) is 12.1 Å². The first-order chi connectivity index (χ1) is 8.50. The minimum absolute atomic E-state index is 0.165. The Morgan fingerprint density at radius 3 is 2.50 bits per heavy atom. The van der Waals surface area contributed by atoms with Crippen molar-refractivity contribution in [2.45, 2.75) is 12.5 Å². The molecule has 96 valence electrons. The van der Waals surface area contributed by atoms with Crippen molar-refractivity contribution in [3.05, 3.63) is 52.3 Å². The second-order valence-electron chi connectivity index (χ2n) is 3.92. The van der Waals surface area contributed by atoms with Gasteiger partial charge in [-0.05, 0) is 12.1 Å². The standard InChI is InChI=1S/C12H11ClF2N2O/c1-17-12(8(13)6-16-17)11(18)5-7-9(14)3-2-4-10(7)15/h2-4,6,11,18H,5H2,1H3. The van der Waals surface area contributed by atoms with Crippen LogP contribution in [0, 0.1) is 11.6 Å². The SMILES string of the molecule is Cn1ncc(Cl)c1C(O)Cc1c(F)cccc1F. The fraction of sp³-hybridized carbons (Fsp3) is 0.250. The third-order valence-electron chi connectivity index (χ3n) is 2.71. The first-order valence-corrected chi connectivity index (χ1v) is 5.67. The highest BCUT2D eigenvalue weighted by Crippen LogP contribution is 2.26. The molecule has 0 spiro atoms. The number of aliphatic hydroxyl groups is 1. The van der Waals surface area contributed by atoms with Crippen LogP contribution in [0.5, 0.6) is 0 Å². The Hall–Kier alpha value is -1.46. The van der Waals surface area contributed by atoms with Gasteiger partial charge in [0.2, 0.25) is 0 Å². The van der Waals surface area contributed by atoms with E-state index in [9.17, 15) is 13.9 Å². The maximum atomic E-state index is 13.4. The summed E-state index contributed by atoms with van der Waals surface area (Å²) in [5, 5.41) is 14.1. The van der Waals surface area contributed by atoms with Gasteiger partial charge < -0.3 is 5.11 Å². The van der Waals surface area contributed by atoms with Crippen molar-refractivity contribution in [3.8, 4) is 0 Å². The molecule has 1 N–H and O–H groups in total. The minimum Gasteiger partial charge on any atom is -0.386 e. The van der Waals surface area contributed by atoms with Gasteiger partial charge >= 0.3 is 0 Å². The van der Waals surface area contributed by atoms with E-state index in [-0.39, 0.29) is 17.0 Å². The van der Waals surface area contributed by atoms with Gasteiger partial charge in [0.05, 0.1) is 16.9 Å². The quantitative estimate of drug-likeness (QED) is 0.933. The van der Waals surface area contributed by atoms with Crippen LogP contribution < -0.4 is 0 Å². The monoisotopic (exact) mass is 272 g/mol. The van der Waals surface area contributed by atoms with Crippen molar-refractivity contribution in [3.63, 3.8) is 0 Å². The molecule has 3 nitrogen and oxygen atoms in total. The third kappa shape index (κ3) is 2.37. The van der Waals surface area contributed by atoms with Gasteiger partial charge in [0, 0.05) is 19.0 Å². The highest BCUT2D eigenvalue weighted by Gasteiger charge is 2.20. The number of hydrogen-bond donors (Lipinski definition) is 1. The Labute approximate surface area is 108 Å². The van der Waals surface area contributed by atoms with E-state index in [0.29, 0.717) is 5.69 Å². The number of hydrogen-bond acceptors (Lipinski definition) is 2. The molecule has 0 bridgehead atoms. The molecule has 1 aromatic heterocycles. The first-order valence-electron chi connectivity index (χ1n) is 5.29. The van der Waals surface area contributed by atoms with Crippen molar-refractivity contribution in [1.82, 2.24) is 9.78 Å². The lowest BCUT2D eigenvalue weighted by Crippen LogP contribution is -2.10. The average Bonchev–Trinajstić information content (AvgIpc) is 2.64. The van der Waals surface area contributed by atoms with Gasteiger partial charge in [0.1, 0.15) is 17.7 Å². The number of benzene rings is 1. The largest absolute Gasteiger partial charge is 0.386 e. The van der Waals surface area contributed by atoms with Crippen LogP contribution in [-0.2, 0) is 13.5 Å². The van der Waals surface area contributed by atoms with E-state index in [1.54, 1.807) is 7.05 Å². The molecule has 2 aromatic rings. The van der Waals surface area contributed by atoms with Crippen LogP contribution in [0.4, 0.5) is 8.78 Å². The van der Waals surface area contributed by atoms with Gasteiger partial charge in [-0.3, -0.25) is 4.68 Å². The Balaban J connectivity index is 2.30. The number of aryl methyl sites for hydroxylation is 1. The first kappa shape index (κ1) is 13.0. The Morgan fingerprint density at radius 2 is 2.00 bits per heavy atom. The second-order valence-corrected chi connectivity index (χ2v) is 4.33. The second kappa shape index (κ2) is 5.04. The number of nitrogens with zero attached hydrogens (tertiary/aromatic N) is 2. The molecule has 0 saturated carbocycles. The zero-order chi connectivity index (χ0) is 13.3. The van der Waals surface area contributed by atoms with Crippen LogP contribution in [0.2, 0.25) is 5.02 Å². The summed E-state index contributed by atoms with van der Waals surface area (Å²) in [6, 6.07) is 3.57. The lowest BCUT2D eigenvalue weighted by molar-refractivity contribution is 0.166. The van der Waals surface area contributed by atoms with E-state index >= 15 is 0 Å². The van der Waals surface area contributed by atoms with E-state index in [4.69, 9.17) is 11.6 Å². The van der Waals surface area contributed by atoms with E-state index in [1.165, 1.54) is 16.9 Å². The van der Waals surface area contributed by atoms with Crippen molar-refractivity contribution in [2.75, 3.05) is 0 Å². The highest BCUT2D eigenvalue weighted by atomic mass is 35.5. The number of halogens is 3. The summed E-state index contributed by atoms with van der Waals surface area (Å²) in [5.41, 5.74) is 0.168. The average molecular weight is 273 g/mol. The molecule has 6 heteroatoms. The number of aliphatic hydroxyl groups excluding tert-OH is 1. The summed E-state index contributed by atoms with van der Waals surface area (Å²) in [6.45, 7) is 0. The minimum atomic E-state index is -1.11. The van der Waals surface area contributed by atoms with Crippen molar-refractivity contribution >= 4 is 11.6 Å². The van der Waals surface area contributed by atoms with Crippen molar-refractivity contribution in [1.29, 1.82) is 0 Å². The summed E-state index contributed by atoms with van der Waals surface area (Å²) in [5.74, 6) is -1.38. The van der Waals surface area contributed by atoms with Crippen LogP contribution in [0.15, 0.2) is 24.4 Å². The Morgan fingerprint density at radius 1 is 1.39 bits per heavy atom. The Kier molecular flexibility index (Phi) is 3.63. The summed E-state index contributed by atoms with van der Waals surface area (Å²) in [6.07, 6.45) is 0.0617. The number of aromatic nitrogens is 2. The molecular formula is C12H11ClF2N2O. The molecule has 0 saturated heterocycles. The van der Waals surface area contributed by atoms with Crippen LogP contribution in [0.3, 0.4) is 0 Å². The fourth-order valence-corrected chi connectivity index (χ4v) is 2.10. The van der Waals surface area contributed by atoms with Crippen LogP contribution in [-0.4, -0.2) is 14.9 Å². The maximum absolute atomic E-state index is 13.4. The molecule has 0 radical (unpaired) electrons. The third-order valence-corrected chi connectivity index (χ3v) is 3.00. The van der Waals surface area contributed by atoms with Crippen LogP contribution in [0.1, 0.15) is 17.4 Å². The van der Waals surface area contributed by atoms with Gasteiger partial charge in [0.15, 0.2) is 0 Å². The molecule has 1 unspecified atom stereocenters. The topological polar surface area (TPSA) is 38.0 Å². The van der Waals surface area contributed by atoms with Gasteiger partial charge in [-0.2, -0.15) is 5.10 Å². The molecule has 1 atom stereocenters. The van der Waals surface area contributed by atoms with Gasteiger partial charge in [-0.1, -0.05) is 17.7 Å². The van der Waals surface area contributed by atoms with Crippen LogP contribution >= 0.6 is 11.6 Å². The summed E-state index contributed by atoms with van der Waals surface area (Å²) >= 11 is 5.85. The lowest BCUT2D eigenvalue weighted by Gasteiger charge is -2.13. The van der Waals surface area contributed by atoms with Gasteiger partial charge in [0.25, 0.3) is 0 Å². The maximum Gasteiger partial charge on any atom is 0.129 e. The highest BCUT2D eigenvalue weighted by molar-refractivity contribution is 6.31. The molecule has 18 heavy (non-hydrogen) atoms. The Bertz CT molecular complexity index is 531. The molecule has 0 aliphatic heterocycles. The van der Waals surface area contributed by atoms with Crippen molar-refractivity contribution in [2.24, 2.45) is 7.05 Å². The van der Waals surface area contributed by atoms with Gasteiger partial charge in [-0.15, -0.1) is 0 Å². The molecule has 0 fully saturated rings. The predicted octanol–water partition coefficient (Wildman–Crippen LogP) is 2.63. The zero-order valence-electron chi connectivity index (χ0n) is 9.57. The number of rotatable bonds is 3. The van der Waals surface area contributed by atoms with Crippen LogP contribution in [0.25, 0.3) is 0 Å². The summed E-state index contributed by atoms with van der Waals surface area (Å²) < 4.78 is 28.3. The van der Waals surface area contributed by atoms with Crippen molar-refractivity contribution < 1.29 is 13.9 Å². The predicted molar refractivity (Wildman–Crippen MR) is 63.2 cm³/mol. The van der Waals surface area contributed by atoms with E-state index < -0.39 is 17.7 Å². The lowest BCUT2D eigenvalue weighted by atomic mass is 10.0. The molecule has 0 aliphatic rings. The fourth-order valence-electron chi connectivity index (χ4n) is 1.81. The van der Waals surface area contributed by atoms with E-state index in [2.05, 4.69) is 5.10 Å². The van der Waals surface area contributed by atoms with Gasteiger partial charge in [-0.25, -0.2) is 8.78 Å². The molecule has 1 aromatic carbocycles. The summed E-state index contributed by atoms with van der Waals surface area (Å²) in [7, 11) is 1.60. The molecular weight excluding hydrogens is 262 g/mol. The zero-order valence-corrected chi connectivity index (χ0v) is 10.3. The molecule has 0 aliphatic carbocycles.